The highest BCUT2D eigenvalue weighted by atomic mass is 31.2. The van der Waals surface area contributed by atoms with Gasteiger partial charge in [-0.3, -0.25) is 9.61 Å². The molecule has 0 saturated carbocycles. The van der Waals surface area contributed by atoms with Crippen molar-refractivity contribution in [2.24, 2.45) is 0 Å². The lowest BCUT2D eigenvalue weighted by Crippen LogP contribution is -2.16. The first kappa shape index (κ1) is 13.5. The number of anilines is 1. The van der Waals surface area contributed by atoms with Gasteiger partial charge < -0.3 is 9.63 Å². The van der Waals surface area contributed by atoms with Crippen LogP contribution in [-0.4, -0.2) is 28.7 Å². The van der Waals surface area contributed by atoms with Gasteiger partial charge >= 0.3 is 7.75 Å². The minimum atomic E-state index is -3.88. The van der Waals surface area contributed by atoms with Crippen molar-refractivity contribution in [2.75, 3.05) is 11.7 Å². The average molecular weight is 272 g/mol. The molecule has 1 aliphatic heterocycles. The standard InChI is InChI=1S/C11H17N2O4P/c1-9-5-6-10(17-9)8-16-18(14,15)13-11-4-2-3-7-12-11/h2-4,7,9-10H,5-6,8H2,1H3,(H2,12,13,14,15)/t9-,10-/m0/s1. The number of nitrogens with one attached hydrogen (secondary N) is 1. The second-order valence-electron chi connectivity index (χ2n) is 4.29. The van der Waals surface area contributed by atoms with Crippen LogP contribution in [0, 0.1) is 0 Å². The molecule has 2 heterocycles. The highest BCUT2D eigenvalue weighted by Crippen LogP contribution is 2.42. The van der Waals surface area contributed by atoms with Gasteiger partial charge in [0.1, 0.15) is 5.82 Å². The summed E-state index contributed by atoms with van der Waals surface area (Å²) in [6.45, 7) is 2.09. The van der Waals surface area contributed by atoms with Gasteiger partial charge in [-0.1, -0.05) is 6.07 Å². The largest absolute Gasteiger partial charge is 0.431 e. The van der Waals surface area contributed by atoms with Crippen LogP contribution in [-0.2, 0) is 13.8 Å². The van der Waals surface area contributed by atoms with Crippen LogP contribution < -0.4 is 5.09 Å². The third-order valence-corrected chi connectivity index (χ3v) is 3.69. The molecule has 1 saturated heterocycles. The zero-order valence-corrected chi connectivity index (χ0v) is 11.0. The van der Waals surface area contributed by atoms with Gasteiger partial charge in [0.15, 0.2) is 0 Å². The van der Waals surface area contributed by atoms with Crippen LogP contribution >= 0.6 is 7.75 Å². The van der Waals surface area contributed by atoms with Crippen molar-refractivity contribution in [3.05, 3.63) is 24.4 Å². The molecule has 2 N–H and O–H groups in total. The molecule has 1 fully saturated rings. The molecule has 7 heteroatoms. The Balaban J connectivity index is 1.82. The van der Waals surface area contributed by atoms with Gasteiger partial charge in [0.05, 0.1) is 18.8 Å². The lowest BCUT2D eigenvalue weighted by molar-refractivity contribution is 0.0241. The minimum absolute atomic E-state index is 0.106. The van der Waals surface area contributed by atoms with E-state index in [9.17, 15) is 9.46 Å². The van der Waals surface area contributed by atoms with Crippen LogP contribution in [0.1, 0.15) is 19.8 Å². The summed E-state index contributed by atoms with van der Waals surface area (Å²) in [6, 6.07) is 5.04. The highest BCUT2D eigenvalue weighted by molar-refractivity contribution is 7.54. The first-order chi connectivity index (χ1) is 8.55. The van der Waals surface area contributed by atoms with Crippen LogP contribution in [0.2, 0.25) is 0 Å². The first-order valence-corrected chi connectivity index (χ1v) is 7.45. The van der Waals surface area contributed by atoms with Crippen LogP contribution in [0.25, 0.3) is 0 Å². The third-order valence-electron chi connectivity index (χ3n) is 2.68. The van der Waals surface area contributed by atoms with Crippen LogP contribution in [0.3, 0.4) is 0 Å². The maximum absolute atomic E-state index is 11.7. The van der Waals surface area contributed by atoms with Gasteiger partial charge in [0.25, 0.3) is 0 Å². The minimum Gasteiger partial charge on any atom is -0.373 e. The molecule has 2 rings (SSSR count). The molecule has 1 aromatic rings. The molecule has 0 radical (unpaired) electrons. The molecule has 18 heavy (non-hydrogen) atoms. The highest BCUT2D eigenvalue weighted by Gasteiger charge is 2.27. The maximum atomic E-state index is 11.7. The van der Waals surface area contributed by atoms with E-state index in [0.717, 1.165) is 12.8 Å². The Morgan fingerprint density at radius 1 is 1.61 bits per heavy atom. The monoisotopic (exact) mass is 272 g/mol. The summed E-state index contributed by atoms with van der Waals surface area (Å²) in [7, 11) is -3.88. The van der Waals surface area contributed by atoms with Crippen molar-refractivity contribution >= 4 is 13.6 Å². The molecule has 6 nitrogen and oxygen atoms in total. The Kier molecular flexibility index (Phi) is 4.35. The fourth-order valence-electron chi connectivity index (χ4n) is 1.80. The van der Waals surface area contributed by atoms with E-state index >= 15 is 0 Å². The van der Waals surface area contributed by atoms with Gasteiger partial charge in [0, 0.05) is 6.20 Å². The number of ether oxygens (including phenoxy) is 1. The molecule has 0 amide bonds. The van der Waals surface area contributed by atoms with Gasteiger partial charge in [-0.25, -0.2) is 9.55 Å². The molecule has 0 aromatic carbocycles. The number of pyridine rings is 1. The van der Waals surface area contributed by atoms with Gasteiger partial charge in [-0.15, -0.1) is 0 Å². The Morgan fingerprint density at radius 3 is 3.06 bits per heavy atom. The first-order valence-electron chi connectivity index (χ1n) is 5.87. The lowest BCUT2D eigenvalue weighted by atomic mass is 10.2. The molecule has 0 spiro atoms. The molecule has 1 aromatic heterocycles. The Hall–Kier alpha value is -0.940. The van der Waals surface area contributed by atoms with Crippen molar-refractivity contribution in [1.82, 2.24) is 4.98 Å². The molecular formula is C11H17N2O4P. The fourth-order valence-corrected chi connectivity index (χ4v) is 2.65. The van der Waals surface area contributed by atoms with E-state index in [2.05, 4.69) is 10.1 Å². The van der Waals surface area contributed by atoms with Crippen molar-refractivity contribution in [2.45, 2.75) is 32.0 Å². The predicted octanol–water partition coefficient (Wildman–Crippen LogP) is 2.18. The molecule has 0 aliphatic carbocycles. The quantitative estimate of drug-likeness (QED) is 0.800. The second kappa shape index (κ2) is 5.80. The summed E-state index contributed by atoms with van der Waals surface area (Å²) in [5.74, 6) is 0.309. The molecule has 1 aliphatic rings. The maximum Gasteiger partial charge on any atom is 0.431 e. The van der Waals surface area contributed by atoms with E-state index in [1.165, 1.54) is 6.20 Å². The lowest BCUT2D eigenvalue weighted by Gasteiger charge is -2.16. The van der Waals surface area contributed by atoms with Gasteiger partial charge in [-0.2, -0.15) is 0 Å². The average Bonchev–Trinajstić information content (AvgIpc) is 2.74. The van der Waals surface area contributed by atoms with E-state index in [-0.39, 0.29) is 18.8 Å². The molecule has 0 bridgehead atoms. The van der Waals surface area contributed by atoms with Crippen LogP contribution in [0.4, 0.5) is 5.82 Å². The van der Waals surface area contributed by atoms with Crippen LogP contribution in [0.15, 0.2) is 24.4 Å². The number of nitrogens with zero attached hydrogens (tertiary/aromatic N) is 1. The van der Waals surface area contributed by atoms with Gasteiger partial charge in [-0.05, 0) is 31.9 Å². The zero-order chi connectivity index (χ0) is 13.0. The fraction of sp³-hybridized carbons (Fsp3) is 0.545. The summed E-state index contributed by atoms with van der Waals surface area (Å²) in [6.07, 6.45) is 3.43. The Bertz CT molecular complexity index is 428. The van der Waals surface area contributed by atoms with Crippen molar-refractivity contribution in [3.63, 3.8) is 0 Å². The predicted molar refractivity (Wildman–Crippen MR) is 67.2 cm³/mol. The van der Waals surface area contributed by atoms with Crippen LogP contribution in [0.5, 0.6) is 0 Å². The van der Waals surface area contributed by atoms with E-state index in [4.69, 9.17) is 9.26 Å². The Labute approximate surface area is 106 Å². The van der Waals surface area contributed by atoms with Crippen molar-refractivity contribution < 1.29 is 18.7 Å². The van der Waals surface area contributed by atoms with E-state index in [1.54, 1.807) is 18.2 Å². The zero-order valence-electron chi connectivity index (χ0n) is 10.2. The summed E-state index contributed by atoms with van der Waals surface area (Å²) in [5, 5.41) is 2.38. The summed E-state index contributed by atoms with van der Waals surface area (Å²) in [5.41, 5.74) is 0. The van der Waals surface area contributed by atoms with E-state index in [1.807, 2.05) is 6.92 Å². The Morgan fingerprint density at radius 2 is 2.44 bits per heavy atom. The normalized spacial score (nSPS) is 26.8. The van der Waals surface area contributed by atoms with E-state index in [0.29, 0.717) is 5.82 Å². The van der Waals surface area contributed by atoms with Crippen molar-refractivity contribution in [3.8, 4) is 0 Å². The summed E-state index contributed by atoms with van der Waals surface area (Å²) >= 11 is 0. The molecule has 3 atom stereocenters. The molecule has 100 valence electrons. The van der Waals surface area contributed by atoms with Crippen molar-refractivity contribution in [1.29, 1.82) is 0 Å². The van der Waals surface area contributed by atoms with E-state index < -0.39 is 7.75 Å². The topological polar surface area (TPSA) is 80.7 Å². The third kappa shape index (κ3) is 4.07. The smallest absolute Gasteiger partial charge is 0.373 e. The number of aromatic nitrogens is 1. The summed E-state index contributed by atoms with van der Waals surface area (Å²) < 4.78 is 22.3. The molecule has 1 unspecified atom stereocenters. The number of rotatable bonds is 5. The number of hydrogen-bond acceptors (Lipinski definition) is 4. The summed E-state index contributed by atoms with van der Waals surface area (Å²) in [4.78, 5) is 13.5. The number of hydrogen-bond donors (Lipinski definition) is 2. The molecular weight excluding hydrogens is 255 g/mol. The SMILES string of the molecule is C[C@H]1CC[C@@H](COP(=O)(O)Nc2ccccn2)O1. The second-order valence-corrected chi connectivity index (χ2v) is 5.81. The van der Waals surface area contributed by atoms with Gasteiger partial charge in [0.2, 0.25) is 0 Å².